The minimum Gasteiger partial charge on any atom is -0.368 e. The molecule has 0 saturated carbocycles. The number of benzene rings is 2. The zero-order valence-electron chi connectivity index (χ0n) is 12.9. The molecule has 2 aromatic carbocycles. The van der Waals surface area contributed by atoms with Gasteiger partial charge in [0.25, 0.3) is 0 Å². The summed E-state index contributed by atoms with van der Waals surface area (Å²) in [7, 11) is 0. The molecule has 2 aromatic rings. The molecule has 1 amide bonds. The number of fused-ring (bicyclic) bond motifs is 1. The minimum absolute atomic E-state index is 0.0862. The van der Waals surface area contributed by atoms with E-state index in [1.165, 1.54) is 18.2 Å². The number of carbonyl (C=O) groups excluding carboxylic acids is 1. The summed E-state index contributed by atoms with van der Waals surface area (Å²) in [4.78, 5) is 13.7. The van der Waals surface area contributed by atoms with E-state index in [4.69, 9.17) is 5.73 Å². The first-order valence-electron chi connectivity index (χ1n) is 7.64. The molecule has 0 saturated heterocycles. The summed E-state index contributed by atoms with van der Waals surface area (Å²) in [5, 5.41) is 0. The van der Waals surface area contributed by atoms with Crippen LogP contribution in [0.2, 0.25) is 0 Å². The molecule has 1 atom stereocenters. The average Bonchev–Trinajstić information content (AvgIpc) is 2.54. The van der Waals surface area contributed by atoms with Crippen molar-refractivity contribution in [3.63, 3.8) is 0 Å². The molecular formula is C18H17F3N2O. The summed E-state index contributed by atoms with van der Waals surface area (Å²) >= 11 is 0. The zero-order chi connectivity index (χ0) is 17.3. The second kappa shape index (κ2) is 6.28. The topological polar surface area (TPSA) is 46.3 Å². The smallest absolute Gasteiger partial charge is 0.368 e. The molecule has 6 heteroatoms. The number of rotatable bonds is 3. The fourth-order valence-corrected chi connectivity index (χ4v) is 3.26. The lowest BCUT2D eigenvalue weighted by Gasteiger charge is -2.35. The fourth-order valence-electron chi connectivity index (χ4n) is 3.26. The van der Waals surface area contributed by atoms with E-state index in [9.17, 15) is 18.0 Å². The van der Waals surface area contributed by atoms with Gasteiger partial charge < -0.3 is 5.73 Å². The zero-order valence-corrected chi connectivity index (χ0v) is 12.9. The first-order valence-corrected chi connectivity index (χ1v) is 7.64. The van der Waals surface area contributed by atoms with Gasteiger partial charge in [0.05, 0.1) is 5.56 Å². The molecule has 3 rings (SSSR count). The van der Waals surface area contributed by atoms with Crippen LogP contribution < -0.4 is 5.73 Å². The van der Waals surface area contributed by atoms with Crippen LogP contribution in [0.25, 0.3) is 0 Å². The Morgan fingerprint density at radius 1 is 1.04 bits per heavy atom. The van der Waals surface area contributed by atoms with Crippen molar-refractivity contribution in [1.82, 2.24) is 4.90 Å². The van der Waals surface area contributed by atoms with Crippen molar-refractivity contribution < 1.29 is 18.0 Å². The summed E-state index contributed by atoms with van der Waals surface area (Å²) in [5.41, 5.74) is 6.75. The number of nitrogens with two attached hydrogens (primary N) is 1. The van der Waals surface area contributed by atoms with Crippen molar-refractivity contribution in [2.24, 2.45) is 5.73 Å². The summed E-state index contributed by atoms with van der Waals surface area (Å²) in [6.07, 6.45) is -3.86. The van der Waals surface area contributed by atoms with Crippen molar-refractivity contribution in [1.29, 1.82) is 0 Å². The largest absolute Gasteiger partial charge is 0.416 e. The molecule has 1 aliphatic rings. The summed E-state index contributed by atoms with van der Waals surface area (Å²) < 4.78 is 39.9. The Hall–Kier alpha value is -2.34. The third-order valence-corrected chi connectivity index (χ3v) is 4.36. The Bertz CT molecular complexity index is 758. The number of hydrogen-bond donors (Lipinski definition) is 1. The monoisotopic (exact) mass is 334 g/mol. The molecule has 1 heterocycles. The van der Waals surface area contributed by atoms with Gasteiger partial charge in [-0.1, -0.05) is 42.5 Å². The number of nitrogens with zero attached hydrogens (tertiary/aromatic N) is 1. The molecule has 0 bridgehead atoms. The maximum Gasteiger partial charge on any atom is 0.416 e. The van der Waals surface area contributed by atoms with Crippen LogP contribution in [0.1, 0.15) is 28.3 Å². The van der Waals surface area contributed by atoms with Crippen LogP contribution in [0, 0.1) is 0 Å². The molecule has 0 radical (unpaired) electrons. The van der Waals surface area contributed by atoms with Crippen LogP contribution in [0.3, 0.4) is 0 Å². The fraction of sp³-hybridized carbons (Fsp3) is 0.278. The Morgan fingerprint density at radius 2 is 1.67 bits per heavy atom. The molecule has 2 N–H and O–H groups in total. The lowest BCUT2D eigenvalue weighted by Crippen LogP contribution is -2.41. The molecule has 0 fully saturated rings. The van der Waals surface area contributed by atoms with Gasteiger partial charge in [0.1, 0.15) is 6.04 Å². The third kappa shape index (κ3) is 3.14. The Labute approximate surface area is 137 Å². The van der Waals surface area contributed by atoms with Crippen molar-refractivity contribution in [3.05, 3.63) is 70.8 Å². The Kier molecular flexibility index (Phi) is 4.32. The van der Waals surface area contributed by atoms with Crippen LogP contribution in [0.5, 0.6) is 0 Å². The molecule has 24 heavy (non-hydrogen) atoms. The van der Waals surface area contributed by atoms with E-state index in [1.54, 1.807) is 4.90 Å². The van der Waals surface area contributed by atoms with E-state index in [-0.39, 0.29) is 5.56 Å². The molecule has 1 unspecified atom stereocenters. The van der Waals surface area contributed by atoms with Crippen molar-refractivity contribution in [3.8, 4) is 0 Å². The van der Waals surface area contributed by atoms with Crippen LogP contribution in [-0.2, 0) is 23.9 Å². The predicted molar refractivity (Wildman–Crippen MR) is 83.9 cm³/mol. The highest BCUT2D eigenvalue weighted by molar-refractivity contribution is 5.82. The maximum atomic E-state index is 13.3. The van der Waals surface area contributed by atoms with Gasteiger partial charge in [0.15, 0.2) is 0 Å². The molecular weight excluding hydrogens is 317 g/mol. The Balaban J connectivity index is 2.00. The van der Waals surface area contributed by atoms with Gasteiger partial charge in [0.2, 0.25) is 5.91 Å². The lowest BCUT2D eigenvalue weighted by atomic mass is 9.93. The van der Waals surface area contributed by atoms with Crippen molar-refractivity contribution >= 4 is 5.91 Å². The highest BCUT2D eigenvalue weighted by Gasteiger charge is 2.38. The van der Waals surface area contributed by atoms with E-state index in [0.717, 1.165) is 17.2 Å². The maximum absolute atomic E-state index is 13.3. The highest BCUT2D eigenvalue weighted by atomic mass is 19.4. The number of hydrogen-bond acceptors (Lipinski definition) is 2. The van der Waals surface area contributed by atoms with Gasteiger partial charge in [-0.25, -0.2) is 0 Å². The minimum atomic E-state index is -4.53. The van der Waals surface area contributed by atoms with Gasteiger partial charge >= 0.3 is 6.18 Å². The number of primary amides is 1. The van der Waals surface area contributed by atoms with Gasteiger partial charge in [-0.2, -0.15) is 13.2 Å². The van der Waals surface area contributed by atoms with Crippen LogP contribution in [0.15, 0.2) is 48.5 Å². The SMILES string of the molecule is NC(=O)C(c1ccccc1C(F)(F)F)N1CCc2ccccc2C1. The molecule has 0 spiro atoms. The lowest BCUT2D eigenvalue weighted by molar-refractivity contribution is -0.139. The van der Waals surface area contributed by atoms with Gasteiger partial charge in [0, 0.05) is 13.1 Å². The summed E-state index contributed by atoms with van der Waals surface area (Å²) in [5.74, 6) is -0.772. The summed E-state index contributed by atoms with van der Waals surface area (Å²) in [6.45, 7) is 0.882. The van der Waals surface area contributed by atoms with Crippen LogP contribution in [-0.4, -0.2) is 17.4 Å². The predicted octanol–water partition coefficient (Wildman–Crippen LogP) is 3.29. The first-order chi connectivity index (χ1) is 11.4. The van der Waals surface area contributed by atoms with E-state index in [1.807, 2.05) is 24.3 Å². The normalized spacial score (nSPS) is 16.5. The number of carbonyl (C=O) groups is 1. The van der Waals surface area contributed by atoms with Crippen LogP contribution in [0.4, 0.5) is 13.2 Å². The van der Waals surface area contributed by atoms with E-state index in [2.05, 4.69) is 0 Å². The third-order valence-electron chi connectivity index (χ3n) is 4.36. The molecule has 0 aliphatic carbocycles. The standard InChI is InChI=1S/C18H17F3N2O/c19-18(20,21)15-8-4-3-7-14(15)16(17(22)24)23-10-9-12-5-1-2-6-13(12)11-23/h1-8,16H,9-11H2,(H2,22,24). The van der Waals surface area contributed by atoms with E-state index in [0.29, 0.717) is 19.5 Å². The average molecular weight is 334 g/mol. The molecule has 0 aromatic heterocycles. The van der Waals surface area contributed by atoms with Crippen molar-refractivity contribution in [2.45, 2.75) is 25.2 Å². The van der Waals surface area contributed by atoms with Gasteiger partial charge in [-0.05, 0) is 29.2 Å². The van der Waals surface area contributed by atoms with E-state index < -0.39 is 23.7 Å². The second-order valence-corrected chi connectivity index (χ2v) is 5.88. The Morgan fingerprint density at radius 3 is 2.33 bits per heavy atom. The van der Waals surface area contributed by atoms with Crippen LogP contribution >= 0.6 is 0 Å². The number of amides is 1. The number of halogens is 3. The summed E-state index contributed by atoms with van der Waals surface area (Å²) in [6, 6.07) is 11.8. The second-order valence-electron chi connectivity index (χ2n) is 5.88. The van der Waals surface area contributed by atoms with Crippen molar-refractivity contribution in [2.75, 3.05) is 6.54 Å². The molecule has 126 valence electrons. The number of alkyl halides is 3. The van der Waals surface area contributed by atoms with Gasteiger partial charge in [-0.15, -0.1) is 0 Å². The van der Waals surface area contributed by atoms with Gasteiger partial charge in [-0.3, -0.25) is 9.69 Å². The van der Waals surface area contributed by atoms with E-state index >= 15 is 0 Å². The quantitative estimate of drug-likeness (QED) is 0.936. The molecule has 1 aliphatic heterocycles. The first kappa shape index (κ1) is 16.5. The highest BCUT2D eigenvalue weighted by Crippen LogP contribution is 2.37. The molecule has 3 nitrogen and oxygen atoms in total.